The van der Waals surface area contributed by atoms with Crippen molar-refractivity contribution < 1.29 is 23.8 Å². The number of halogens is 1. The van der Waals surface area contributed by atoms with Gasteiger partial charge in [0, 0.05) is 11.3 Å². The highest BCUT2D eigenvalue weighted by Crippen LogP contribution is 2.42. The SMILES string of the molecule is COc1ccc(/C(O)=C2/C(=O)C(=O)N(c3cccc(C)c3)C2c2ccc(F)cc2)cc1C. The maximum atomic E-state index is 13.6. The molecular weight excluding hydrogens is 409 g/mol. The quantitative estimate of drug-likeness (QED) is 0.356. The second-order valence-electron chi connectivity index (χ2n) is 7.74. The van der Waals surface area contributed by atoms with Crippen LogP contribution in [0.5, 0.6) is 5.75 Å². The van der Waals surface area contributed by atoms with Crippen LogP contribution in [0.25, 0.3) is 5.76 Å². The Bertz CT molecular complexity index is 1250. The Morgan fingerprint density at radius 3 is 2.34 bits per heavy atom. The van der Waals surface area contributed by atoms with Crippen molar-refractivity contribution in [2.24, 2.45) is 0 Å². The lowest BCUT2D eigenvalue weighted by Crippen LogP contribution is -2.29. The first kappa shape index (κ1) is 21.3. The number of hydrogen-bond donors (Lipinski definition) is 1. The van der Waals surface area contributed by atoms with Gasteiger partial charge in [-0.25, -0.2) is 4.39 Å². The number of nitrogens with zero attached hydrogens (tertiary/aromatic N) is 1. The number of methoxy groups -OCH3 is 1. The van der Waals surface area contributed by atoms with Crippen LogP contribution in [0, 0.1) is 19.7 Å². The number of carbonyl (C=O) groups excluding carboxylic acids is 2. The van der Waals surface area contributed by atoms with Crippen molar-refractivity contribution in [2.45, 2.75) is 19.9 Å². The molecule has 1 unspecified atom stereocenters. The first-order valence-electron chi connectivity index (χ1n) is 10.1. The van der Waals surface area contributed by atoms with Crippen LogP contribution < -0.4 is 9.64 Å². The zero-order valence-corrected chi connectivity index (χ0v) is 17.9. The molecule has 3 aromatic carbocycles. The Morgan fingerprint density at radius 1 is 1.00 bits per heavy atom. The number of amides is 1. The molecule has 32 heavy (non-hydrogen) atoms. The molecule has 1 saturated heterocycles. The van der Waals surface area contributed by atoms with Crippen LogP contribution in [0.4, 0.5) is 10.1 Å². The van der Waals surface area contributed by atoms with Crippen LogP contribution in [0.1, 0.15) is 28.3 Å². The third-order valence-corrected chi connectivity index (χ3v) is 5.58. The second-order valence-corrected chi connectivity index (χ2v) is 7.74. The van der Waals surface area contributed by atoms with Crippen molar-refractivity contribution >= 4 is 23.1 Å². The maximum absolute atomic E-state index is 13.6. The number of aliphatic hydroxyl groups is 1. The van der Waals surface area contributed by atoms with E-state index < -0.39 is 23.5 Å². The van der Waals surface area contributed by atoms with E-state index in [2.05, 4.69) is 0 Å². The molecule has 4 rings (SSSR count). The summed E-state index contributed by atoms with van der Waals surface area (Å²) in [7, 11) is 1.55. The molecule has 0 spiro atoms. The van der Waals surface area contributed by atoms with Crippen molar-refractivity contribution in [3.05, 3.63) is 100 Å². The Balaban J connectivity index is 1.94. The lowest BCUT2D eigenvalue weighted by molar-refractivity contribution is -0.132. The largest absolute Gasteiger partial charge is 0.507 e. The summed E-state index contributed by atoms with van der Waals surface area (Å²) in [6.07, 6.45) is 0. The number of anilines is 1. The molecule has 1 aliphatic rings. The van der Waals surface area contributed by atoms with Gasteiger partial charge in [0.2, 0.25) is 0 Å². The average molecular weight is 431 g/mol. The summed E-state index contributed by atoms with van der Waals surface area (Å²) >= 11 is 0. The Hall–Kier alpha value is -3.93. The fourth-order valence-electron chi connectivity index (χ4n) is 4.02. The Kier molecular flexibility index (Phi) is 5.53. The molecule has 0 bridgehead atoms. The number of benzene rings is 3. The predicted octanol–water partition coefficient (Wildman–Crippen LogP) is 5.08. The van der Waals surface area contributed by atoms with Gasteiger partial charge >= 0.3 is 0 Å². The topological polar surface area (TPSA) is 66.8 Å². The highest BCUT2D eigenvalue weighted by Gasteiger charge is 2.47. The van der Waals surface area contributed by atoms with Crippen LogP contribution in [-0.2, 0) is 9.59 Å². The summed E-state index contributed by atoms with van der Waals surface area (Å²) in [5.41, 5.74) is 3.05. The van der Waals surface area contributed by atoms with Crippen molar-refractivity contribution in [1.82, 2.24) is 0 Å². The molecule has 3 aromatic rings. The van der Waals surface area contributed by atoms with E-state index in [1.807, 2.05) is 19.9 Å². The highest BCUT2D eigenvalue weighted by atomic mass is 19.1. The zero-order chi connectivity index (χ0) is 23.0. The third kappa shape index (κ3) is 3.64. The summed E-state index contributed by atoms with van der Waals surface area (Å²) in [4.78, 5) is 27.6. The molecule has 0 aromatic heterocycles. The minimum Gasteiger partial charge on any atom is -0.507 e. The van der Waals surface area contributed by atoms with Gasteiger partial charge in [0.05, 0.1) is 18.7 Å². The first-order valence-corrected chi connectivity index (χ1v) is 10.1. The molecule has 1 fully saturated rings. The van der Waals surface area contributed by atoms with Gasteiger partial charge in [-0.15, -0.1) is 0 Å². The van der Waals surface area contributed by atoms with Gasteiger partial charge in [0.15, 0.2) is 0 Å². The Labute approximate surface area is 185 Å². The molecule has 1 heterocycles. The van der Waals surface area contributed by atoms with Crippen LogP contribution in [0.3, 0.4) is 0 Å². The molecule has 1 atom stereocenters. The number of Topliss-reactive ketones (excluding diaryl/α,β-unsaturated/α-hetero) is 1. The second kappa shape index (κ2) is 8.30. The van der Waals surface area contributed by atoms with Gasteiger partial charge in [0.1, 0.15) is 17.3 Å². The van der Waals surface area contributed by atoms with Crippen molar-refractivity contribution in [1.29, 1.82) is 0 Å². The number of ether oxygens (including phenoxy) is 1. The molecule has 1 N–H and O–H groups in total. The number of rotatable bonds is 4. The van der Waals surface area contributed by atoms with Gasteiger partial charge in [0.25, 0.3) is 11.7 Å². The first-order chi connectivity index (χ1) is 15.3. The molecule has 1 aliphatic heterocycles. The average Bonchev–Trinajstić information content (AvgIpc) is 3.04. The lowest BCUT2D eigenvalue weighted by Gasteiger charge is -2.25. The van der Waals surface area contributed by atoms with E-state index in [9.17, 15) is 19.1 Å². The van der Waals surface area contributed by atoms with Crippen molar-refractivity contribution in [3.63, 3.8) is 0 Å². The summed E-state index contributed by atoms with van der Waals surface area (Å²) in [6.45, 7) is 3.70. The summed E-state index contributed by atoms with van der Waals surface area (Å²) in [5, 5.41) is 11.2. The Morgan fingerprint density at radius 2 is 1.72 bits per heavy atom. The minimum atomic E-state index is -0.903. The van der Waals surface area contributed by atoms with Gasteiger partial charge < -0.3 is 9.84 Å². The number of aliphatic hydroxyl groups excluding tert-OH is 1. The lowest BCUT2D eigenvalue weighted by atomic mass is 9.94. The van der Waals surface area contributed by atoms with Crippen LogP contribution in [0.15, 0.2) is 72.3 Å². The van der Waals surface area contributed by atoms with Crippen LogP contribution in [-0.4, -0.2) is 23.9 Å². The molecule has 0 radical (unpaired) electrons. The molecule has 0 aliphatic carbocycles. The van der Waals surface area contributed by atoms with Gasteiger partial charge in [-0.05, 0) is 73.0 Å². The highest BCUT2D eigenvalue weighted by molar-refractivity contribution is 6.51. The molecule has 162 valence electrons. The third-order valence-electron chi connectivity index (χ3n) is 5.58. The number of carbonyl (C=O) groups is 2. The summed E-state index contributed by atoms with van der Waals surface area (Å²) in [6, 6.07) is 16.9. The molecular formula is C26H22FNO4. The van der Waals surface area contributed by atoms with E-state index in [0.717, 1.165) is 11.1 Å². The normalized spacial score (nSPS) is 17.6. The fraction of sp³-hybridized carbons (Fsp3) is 0.154. The van der Waals surface area contributed by atoms with E-state index in [1.54, 1.807) is 43.5 Å². The smallest absolute Gasteiger partial charge is 0.300 e. The van der Waals surface area contributed by atoms with Crippen LogP contribution >= 0.6 is 0 Å². The van der Waals surface area contributed by atoms with Gasteiger partial charge in [-0.1, -0.05) is 24.3 Å². The van der Waals surface area contributed by atoms with E-state index in [1.165, 1.54) is 29.2 Å². The molecule has 6 heteroatoms. The molecule has 0 saturated carbocycles. The molecule has 5 nitrogen and oxygen atoms in total. The minimum absolute atomic E-state index is 0.0484. The zero-order valence-electron chi connectivity index (χ0n) is 17.9. The predicted molar refractivity (Wildman–Crippen MR) is 120 cm³/mol. The van der Waals surface area contributed by atoms with Crippen molar-refractivity contribution in [3.8, 4) is 5.75 Å². The van der Waals surface area contributed by atoms with Crippen molar-refractivity contribution in [2.75, 3.05) is 12.0 Å². The van der Waals surface area contributed by atoms with Gasteiger partial charge in [-0.3, -0.25) is 14.5 Å². The summed E-state index contributed by atoms with van der Waals surface area (Å²) in [5.74, 6) is -1.65. The van der Waals surface area contributed by atoms with Crippen LogP contribution in [0.2, 0.25) is 0 Å². The number of aryl methyl sites for hydroxylation is 2. The summed E-state index contributed by atoms with van der Waals surface area (Å²) < 4.78 is 18.9. The molecule has 1 amide bonds. The maximum Gasteiger partial charge on any atom is 0.300 e. The van der Waals surface area contributed by atoms with E-state index in [-0.39, 0.29) is 11.3 Å². The monoisotopic (exact) mass is 431 g/mol. The van der Waals surface area contributed by atoms with E-state index in [0.29, 0.717) is 22.6 Å². The van der Waals surface area contributed by atoms with Gasteiger partial charge in [-0.2, -0.15) is 0 Å². The van der Waals surface area contributed by atoms with E-state index in [4.69, 9.17) is 4.74 Å². The van der Waals surface area contributed by atoms with E-state index >= 15 is 0 Å². The fourth-order valence-corrected chi connectivity index (χ4v) is 4.02. The number of ketones is 1. The number of hydrogen-bond acceptors (Lipinski definition) is 4. The standard InChI is InChI=1S/C26H22FNO4/c1-15-5-4-6-20(13-15)28-23(17-7-10-19(27)11-8-17)22(25(30)26(28)31)24(29)18-9-12-21(32-3)16(2)14-18/h4-14,23,29H,1-3H3/b24-22-.